The van der Waals surface area contributed by atoms with Gasteiger partial charge in [0.25, 0.3) is 0 Å². The highest BCUT2D eigenvalue weighted by molar-refractivity contribution is 5.79. The fourth-order valence-electron chi connectivity index (χ4n) is 2.95. The molecule has 2 heterocycles. The molecule has 0 aliphatic carbocycles. The van der Waals surface area contributed by atoms with Gasteiger partial charge in [0.2, 0.25) is 0 Å². The van der Waals surface area contributed by atoms with Crippen LogP contribution in [0.4, 0.5) is 5.69 Å². The predicted octanol–water partition coefficient (Wildman–Crippen LogP) is 1.58. The van der Waals surface area contributed by atoms with Crippen LogP contribution in [0, 0.1) is 0 Å². The molecule has 2 aromatic rings. The van der Waals surface area contributed by atoms with Crippen LogP contribution >= 0.6 is 0 Å². The zero-order chi connectivity index (χ0) is 18.2. The average molecular weight is 353 g/mol. The van der Waals surface area contributed by atoms with E-state index in [1.165, 1.54) is 11.3 Å². The highest BCUT2D eigenvalue weighted by atomic mass is 15.3. The van der Waals surface area contributed by atoms with Gasteiger partial charge in [-0.2, -0.15) is 0 Å². The lowest BCUT2D eigenvalue weighted by molar-refractivity contribution is 0.632. The molecule has 3 rings (SSSR count). The molecule has 0 saturated carbocycles. The number of rotatable bonds is 7. The van der Waals surface area contributed by atoms with Crippen molar-refractivity contribution in [3.05, 3.63) is 54.1 Å². The summed E-state index contributed by atoms with van der Waals surface area (Å²) in [5, 5.41) is 14.7. The molecule has 0 fully saturated rings. The van der Waals surface area contributed by atoms with Crippen LogP contribution < -0.4 is 15.5 Å². The van der Waals surface area contributed by atoms with Crippen LogP contribution in [0.3, 0.4) is 0 Å². The van der Waals surface area contributed by atoms with Crippen LogP contribution in [0.2, 0.25) is 0 Å². The quantitative estimate of drug-likeness (QED) is 0.449. The Bertz CT molecular complexity index is 738. The number of guanidine groups is 1. The molecule has 7 heteroatoms. The molecular formula is C19H27N7. The molecule has 0 saturated heterocycles. The summed E-state index contributed by atoms with van der Waals surface area (Å²) >= 11 is 0. The Labute approximate surface area is 154 Å². The summed E-state index contributed by atoms with van der Waals surface area (Å²) in [7, 11) is 1.79. The van der Waals surface area contributed by atoms with Gasteiger partial charge in [-0.05, 0) is 17.7 Å². The van der Waals surface area contributed by atoms with E-state index in [1.807, 2.05) is 0 Å². The van der Waals surface area contributed by atoms with E-state index in [-0.39, 0.29) is 0 Å². The van der Waals surface area contributed by atoms with E-state index < -0.39 is 0 Å². The summed E-state index contributed by atoms with van der Waals surface area (Å²) < 4.78 is 2.06. The zero-order valence-electron chi connectivity index (χ0n) is 15.5. The van der Waals surface area contributed by atoms with Crippen LogP contribution in [0.15, 0.2) is 47.7 Å². The topological polar surface area (TPSA) is 70.4 Å². The van der Waals surface area contributed by atoms with E-state index in [0.29, 0.717) is 0 Å². The molecule has 0 amide bonds. The van der Waals surface area contributed by atoms with Crippen LogP contribution in [-0.4, -0.2) is 47.4 Å². The third-order valence-corrected chi connectivity index (χ3v) is 4.46. The molecule has 1 aliphatic heterocycles. The Hall–Kier alpha value is -2.83. The van der Waals surface area contributed by atoms with Gasteiger partial charge in [-0.1, -0.05) is 31.2 Å². The van der Waals surface area contributed by atoms with E-state index in [0.717, 1.165) is 50.9 Å². The van der Waals surface area contributed by atoms with Crippen LogP contribution in [-0.2, 0) is 19.5 Å². The summed E-state index contributed by atoms with van der Waals surface area (Å²) in [4.78, 5) is 6.62. The maximum Gasteiger partial charge on any atom is 0.191 e. The maximum atomic E-state index is 4.28. The first-order chi connectivity index (χ1) is 12.8. The first-order valence-corrected chi connectivity index (χ1v) is 9.10. The molecule has 0 unspecified atom stereocenters. The van der Waals surface area contributed by atoms with Crippen molar-refractivity contribution in [3.63, 3.8) is 0 Å². The van der Waals surface area contributed by atoms with E-state index >= 15 is 0 Å². The molecule has 0 radical (unpaired) electrons. The standard InChI is InChI=1S/C19H27N7/c1-3-18-24-23-15-26(18)13-10-21-19(20-2)22-14-16-6-8-17(9-7-16)25-11-4-5-12-25/h4-9,15H,3,10-14H2,1-2H3,(H2,20,21,22). The van der Waals surface area contributed by atoms with Gasteiger partial charge in [0.05, 0.1) is 0 Å². The fourth-order valence-corrected chi connectivity index (χ4v) is 2.95. The minimum atomic E-state index is 0.741. The van der Waals surface area contributed by atoms with Gasteiger partial charge < -0.3 is 20.1 Å². The van der Waals surface area contributed by atoms with E-state index in [4.69, 9.17) is 0 Å². The number of hydrogen-bond donors (Lipinski definition) is 2. The number of nitrogens with zero attached hydrogens (tertiary/aromatic N) is 5. The van der Waals surface area contributed by atoms with Crippen LogP contribution in [0.5, 0.6) is 0 Å². The van der Waals surface area contributed by atoms with Crippen LogP contribution in [0.1, 0.15) is 18.3 Å². The number of anilines is 1. The fraction of sp³-hybridized carbons (Fsp3) is 0.421. The van der Waals surface area contributed by atoms with Crippen LogP contribution in [0.25, 0.3) is 0 Å². The molecular weight excluding hydrogens is 326 g/mol. The van der Waals surface area contributed by atoms with Gasteiger partial charge in [-0.25, -0.2) is 0 Å². The number of aryl methyl sites for hydroxylation is 1. The molecule has 1 aliphatic rings. The van der Waals surface area contributed by atoms with Crippen molar-refractivity contribution in [3.8, 4) is 0 Å². The zero-order valence-corrected chi connectivity index (χ0v) is 15.5. The van der Waals surface area contributed by atoms with Gasteiger partial charge >= 0.3 is 0 Å². The molecule has 1 aromatic carbocycles. The van der Waals surface area contributed by atoms with Crippen molar-refractivity contribution in [2.75, 3.05) is 31.6 Å². The van der Waals surface area contributed by atoms with Gasteiger partial charge in [-0.15, -0.1) is 10.2 Å². The third kappa shape index (κ3) is 4.62. The first-order valence-electron chi connectivity index (χ1n) is 9.10. The summed E-state index contributed by atoms with van der Waals surface area (Å²) in [6.07, 6.45) is 7.06. The Morgan fingerprint density at radius 3 is 2.62 bits per heavy atom. The summed E-state index contributed by atoms with van der Waals surface area (Å²) in [6, 6.07) is 8.69. The molecule has 0 spiro atoms. The van der Waals surface area contributed by atoms with Gasteiger partial charge in [0.15, 0.2) is 5.96 Å². The molecule has 1 aromatic heterocycles. The number of hydrogen-bond acceptors (Lipinski definition) is 4. The molecule has 7 nitrogen and oxygen atoms in total. The second-order valence-corrected chi connectivity index (χ2v) is 6.19. The van der Waals surface area contributed by atoms with Crippen molar-refractivity contribution in [2.24, 2.45) is 4.99 Å². The Morgan fingerprint density at radius 2 is 1.92 bits per heavy atom. The normalized spacial score (nSPS) is 14.1. The monoisotopic (exact) mass is 353 g/mol. The lowest BCUT2D eigenvalue weighted by Gasteiger charge is -2.18. The highest BCUT2D eigenvalue weighted by Gasteiger charge is 2.07. The largest absolute Gasteiger partial charge is 0.364 e. The third-order valence-electron chi connectivity index (χ3n) is 4.46. The molecule has 2 N–H and O–H groups in total. The predicted molar refractivity (Wildman–Crippen MR) is 105 cm³/mol. The first kappa shape index (κ1) is 18.0. The van der Waals surface area contributed by atoms with Gasteiger partial charge in [0.1, 0.15) is 12.2 Å². The van der Waals surface area contributed by atoms with Crippen molar-refractivity contribution < 1.29 is 0 Å². The van der Waals surface area contributed by atoms with Crippen molar-refractivity contribution >= 4 is 11.6 Å². The summed E-state index contributed by atoms with van der Waals surface area (Å²) in [5.41, 5.74) is 2.50. The lowest BCUT2D eigenvalue weighted by atomic mass is 10.2. The minimum Gasteiger partial charge on any atom is -0.364 e. The lowest BCUT2D eigenvalue weighted by Crippen LogP contribution is -2.38. The van der Waals surface area contributed by atoms with Crippen molar-refractivity contribution in [2.45, 2.75) is 26.4 Å². The molecule has 0 atom stereocenters. The number of aliphatic imine (C=N–C) groups is 1. The van der Waals surface area contributed by atoms with Crippen molar-refractivity contribution in [1.82, 2.24) is 25.4 Å². The SMILES string of the molecule is CCc1nncn1CCNC(=NC)NCc1ccc(N2CC=CC2)cc1. The van der Waals surface area contributed by atoms with E-state index in [1.54, 1.807) is 13.4 Å². The number of nitrogens with one attached hydrogen (secondary N) is 2. The minimum absolute atomic E-state index is 0.741. The Morgan fingerprint density at radius 1 is 1.15 bits per heavy atom. The summed E-state index contributed by atoms with van der Waals surface area (Å²) in [6.45, 7) is 6.41. The Balaban J connectivity index is 1.43. The number of aromatic nitrogens is 3. The molecule has 26 heavy (non-hydrogen) atoms. The smallest absolute Gasteiger partial charge is 0.191 e. The second kappa shape index (κ2) is 9.03. The van der Waals surface area contributed by atoms with Gasteiger partial charge in [0, 0.05) is 51.9 Å². The van der Waals surface area contributed by atoms with Gasteiger partial charge in [-0.3, -0.25) is 4.99 Å². The van der Waals surface area contributed by atoms with E-state index in [2.05, 4.69) is 78.6 Å². The summed E-state index contributed by atoms with van der Waals surface area (Å²) in [5.74, 6) is 1.80. The Kier molecular flexibility index (Phi) is 6.24. The van der Waals surface area contributed by atoms with Crippen molar-refractivity contribution in [1.29, 1.82) is 0 Å². The average Bonchev–Trinajstić information content (AvgIpc) is 3.36. The van der Waals surface area contributed by atoms with E-state index in [9.17, 15) is 0 Å². The maximum absolute atomic E-state index is 4.28. The molecule has 0 bridgehead atoms. The second-order valence-electron chi connectivity index (χ2n) is 6.19. The highest BCUT2D eigenvalue weighted by Crippen LogP contribution is 2.17. The molecule has 138 valence electrons. The number of benzene rings is 1.